The van der Waals surface area contributed by atoms with Crippen LogP contribution in [0.5, 0.6) is 5.75 Å². The van der Waals surface area contributed by atoms with Gasteiger partial charge in [0.05, 0.1) is 42.5 Å². The first-order chi connectivity index (χ1) is 17.3. The monoisotopic (exact) mass is 509 g/mol. The minimum absolute atomic E-state index is 0.0877. The van der Waals surface area contributed by atoms with Crippen molar-refractivity contribution < 1.29 is 18.6 Å². The lowest BCUT2D eigenvalue weighted by Crippen LogP contribution is -2.18. The molecule has 0 spiro atoms. The van der Waals surface area contributed by atoms with Crippen LogP contribution in [0.2, 0.25) is 5.02 Å². The number of aromatic nitrogens is 5. The van der Waals surface area contributed by atoms with E-state index in [0.717, 1.165) is 16.9 Å². The number of imidazole rings is 1. The zero-order valence-electron chi connectivity index (χ0n) is 19.7. The highest BCUT2D eigenvalue weighted by atomic mass is 35.5. The second-order valence-electron chi connectivity index (χ2n) is 8.47. The summed E-state index contributed by atoms with van der Waals surface area (Å²) in [5, 5.41) is 19.2. The lowest BCUT2D eigenvalue weighted by Gasteiger charge is -2.22. The van der Waals surface area contributed by atoms with Crippen LogP contribution in [0.1, 0.15) is 22.9 Å². The van der Waals surface area contributed by atoms with Crippen molar-refractivity contribution in [3.63, 3.8) is 0 Å². The van der Waals surface area contributed by atoms with E-state index in [0.29, 0.717) is 27.9 Å². The highest BCUT2D eigenvalue weighted by Gasteiger charge is 2.25. The minimum atomic E-state index is -0.832. The van der Waals surface area contributed by atoms with Gasteiger partial charge in [0.2, 0.25) is 0 Å². The zero-order chi connectivity index (χ0) is 25.6. The Kier molecular flexibility index (Phi) is 6.19. The van der Waals surface area contributed by atoms with Crippen molar-refractivity contribution in [2.24, 2.45) is 0 Å². The molecule has 0 fully saturated rings. The van der Waals surface area contributed by atoms with Gasteiger partial charge in [0, 0.05) is 29.1 Å². The van der Waals surface area contributed by atoms with Crippen molar-refractivity contribution >= 4 is 11.6 Å². The van der Waals surface area contributed by atoms with Crippen LogP contribution in [0.15, 0.2) is 55.1 Å². The highest BCUT2D eigenvalue weighted by Crippen LogP contribution is 2.38. The van der Waals surface area contributed by atoms with Crippen molar-refractivity contribution in [2.45, 2.75) is 19.9 Å². The molecule has 2 aromatic carbocycles. The van der Waals surface area contributed by atoms with Crippen LogP contribution >= 0.6 is 11.6 Å². The van der Waals surface area contributed by atoms with Gasteiger partial charge in [-0.1, -0.05) is 17.7 Å². The van der Waals surface area contributed by atoms with Crippen LogP contribution < -0.4 is 4.74 Å². The third-order valence-corrected chi connectivity index (χ3v) is 6.38. The third-order valence-electron chi connectivity index (χ3n) is 6.17. The SMILES string of the molecule is COc1cc(-c2nnc3n([C@@H](CO)c4cc(F)c(C)c(F)c4)cc(Cl)cc2-3)ccc1-n1cnc(C)c1. The molecule has 10 heteroatoms. The van der Waals surface area contributed by atoms with E-state index in [1.54, 1.807) is 30.3 Å². The summed E-state index contributed by atoms with van der Waals surface area (Å²) in [6, 6.07) is 8.91. The Hall–Kier alpha value is -3.82. The summed E-state index contributed by atoms with van der Waals surface area (Å²) in [5.74, 6) is -0.383. The lowest BCUT2D eigenvalue weighted by molar-refractivity contribution is 0.248. The molecule has 3 aromatic rings. The van der Waals surface area contributed by atoms with Crippen LogP contribution in [0, 0.1) is 25.5 Å². The summed E-state index contributed by atoms with van der Waals surface area (Å²) >= 11 is 6.44. The molecule has 0 aliphatic carbocycles. The molecule has 1 aromatic heterocycles. The van der Waals surface area contributed by atoms with Crippen LogP contribution in [-0.4, -0.2) is 43.1 Å². The molecule has 1 N–H and O–H groups in total. The molecule has 36 heavy (non-hydrogen) atoms. The maximum absolute atomic E-state index is 14.3. The summed E-state index contributed by atoms with van der Waals surface area (Å²) in [7, 11) is 1.58. The van der Waals surface area contributed by atoms with E-state index in [1.807, 2.05) is 35.9 Å². The molecule has 2 aliphatic heterocycles. The molecule has 0 saturated heterocycles. The molecule has 7 nitrogen and oxygen atoms in total. The van der Waals surface area contributed by atoms with E-state index in [4.69, 9.17) is 16.3 Å². The number of pyridine rings is 1. The van der Waals surface area contributed by atoms with Crippen molar-refractivity contribution in [1.82, 2.24) is 24.3 Å². The van der Waals surface area contributed by atoms with Gasteiger partial charge >= 0.3 is 0 Å². The predicted molar refractivity (Wildman–Crippen MR) is 132 cm³/mol. The molecule has 2 aliphatic rings. The molecule has 5 rings (SSSR count). The first-order valence-corrected chi connectivity index (χ1v) is 11.5. The van der Waals surface area contributed by atoms with Crippen molar-refractivity contribution in [2.75, 3.05) is 13.7 Å². The Bertz CT molecular complexity index is 1520. The standard InChI is InChI=1S/C26H22ClF2N5O2/c1-14-10-33(13-30-14)22-5-4-16(8-24(22)36-3)25-19-9-18(27)11-34(26(19)32-31-25)23(12-35)17-6-20(28)15(2)21(29)7-17/h4-11,13,23,35H,12H2,1-3H3/t23-/m0/s1. The van der Waals surface area contributed by atoms with E-state index in [9.17, 15) is 13.9 Å². The van der Waals surface area contributed by atoms with Crippen LogP contribution in [0.3, 0.4) is 0 Å². The van der Waals surface area contributed by atoms with Gasteiger partial charge in [0.25, 0.3) is 0 Å². The van der Waals surface area contributed by atoms with Crippen molar-refractivity contribution in [3.05, 3.63) is 88.6 Å². The van der Waals surface area contributed by atoms with Gasteiger partial charge in [0.15, 0.2) is 5.82 Å². The lowest BCUT2D eigenvalue weighted by atomic mass is 10.0. The zero-order valence-corrected chi connectivity index (χ0v) is 20.5. The van der Waals surface area contributed by atoms with Gasteiger partial charge in [-0.25, -0.2) is 13.8 Å². The average Bonchev–Trinajstić information content (AvgIpc) is 3.48. The Morgan fingerprint density at radius 2 is 1.81 bits per heavy atom. The number of ether oxygens (including phenoxy) is 1. The third kappa shape index (κ3) is 4.10. The molecule has 0 radical (unpaired) electrons. The molecule has 184 valence electrons. The summed E-state index contributed by atoms with van der Waals surface area (Å²) < 4.78 is 37.7. The number of halogens is 3. The number of nitrogens with zero attached hydrogens (tertiary/aromatic N) is 5. The van der Waals surface area contributed by atoms with E-state index >= 15 is 0 Å². The minimum Gasteiger partial charge on any atom is -0.495 e. The first-order valence-electron chi connectivity index (χ1n) is 11.1. The fourth-order valence-corrected chi connectivity index (χ4v) is 4.47. The summed E-state index contributed by atoms with van der Waals surface area (Å²) in [5.41, 5.74) is 3.74. The smallest absolute Gasteiger partial charge is 0.165 e. The second kappa shape index (κ2) is 9.33. The Balaban J connectivity index is 1.59. The van der Waals surface area contributed by atoms with Crippen LogP contribution in [0.4, 0.5) is 8.78 Å². The van der Waals surface area contributed by atoms with Crippen molar-refractivity contribution in [3.8, 4) is 34.1 Å². The number of hydrogen-bond acceptors (Lipinski definition) is 5. The first kappa shape index (κ1) is 23.9. The predicted octanol–water partition coefficient (Wildman–Crippen LogP) is 5.37. The number of methoxy groups -OCH3 is 1. The van der Waals surface area contributed by atoms with Gasteiger partial charge < -0.3 is 19.0 Å². The van der Waals surface area contributed by atoms with Gasteiger partial charge in [-0.2, -0.15) is 0 Å². The fraction of sp³-hybridized carbons (Fsp3) is 0.192. The number of rotatable bonds is 6. The van der Waals surface area contributed by atoms with Gasteiger partial charge in [0.1, 0.15) is 23.1 Å². The Labute approximate surface area is 210 Å². The number of hydrogen-bond donors (Lipinski definition) is 1. The molecule has 0 saturated carbocycles. The van der Waals surface area contributed by atoms with Gasteiger partial charge in [-0.3, -0.25) is 0 Å². The quantitative estimate of drug-likeness (QED) is 0.333. The average molecular weight is 510 g/mol. The summed E-state index contributed by atoms with van der Waals surface area (Å²) in [4.78, 5) is 4.27. The maximum atomic E-state index is 14.3. The van der Waals surface area contributed by atoms with E-state index in [1.165, 1.54) is 19.1 Å². The normalized spacial score (nSPS) is 12.3. The summed E-state index contributed by atoms with van der Waals surface area (Å²) in [6.45, 7) is 2.83. The molecular formula is C26H22ClF2N5O2. The molecule has 0 unspecified atom stereocenters. The largest absolute Gasteiger partial charge is 0.495 e. The van der Waals surface area contributed by atoms with E-state index < -0.39 is 24.3 Å². The van der Waals surface area contributed by atoms with E-state index in [-0.39, 0.29) is 11.1 Å². The Morgan fingerprint density at radius 3 is 2.44 bits per heavy atom. The van der Waals surface area contributed by atoms with Gasteiger partial charge in [-0.15, -0.1) is 10.2 Å². The number of benzene rings is 2. The molecule has 0 amide bonds. The maximum Gasteiger partial charge on any atom is 0.165 e. The molecule has 0 bridgehead atoms. The number of fused-ring (bicyclic) bond motifs is 1. The molecule has 3 heterocycles. The Morgan fingerprint density at radius 1 is 1.06 bits per heavy atom. The number of aliphatic hydroxyl groups excluding tert-OH is 1. The van der Waals surface area contributed by atoms with Crippen molar-refractivity contribution in [1.29, 1.82) is 0 Å². The number of aryl methyl sites for hydroxylation is 1. The molecule has 1 atom stereocenters. The molecular weight excluding hydrogens is 488 g/mol. The van der Waals surface area contributed by atoms with E-state index in [2.05, 4.69) is 15.2 Å². The second-order valence-corrected chi connectivity index (χ2v) is 8.90. The summed E-state index contributed by atoms with van der Waals surface area (Å²) in [6.07, 6.45) is 5.16. The topological polar surface area (TPSA) is 78.0 Å². The van der Waals surface area contributed by atoms with Gasteiger partial charge in [-0.05, 0) is 49.7 Å². The fourth-order valence-electron chi connectivity index (χ4n) is 4.26. The van der Waals surface area contributed by atoms with Crippen LogP contribution in [0.25, 0.3) is 28.3 Å². The number of aliphatic hydroxyl groups is 1. The van der Waals surface area contributed by atoms with Crippen LogP contribution in [-0.2, 0) is 0 Å². The highest BCUT2D eigenvalue weighted by molar-refractivity contribution is 6.30.